The number of nitrogens with zero attached hydrogens (tertiary/aromatic N) is 1. The molecule has 0 aromatic carbocycles. The van der Waals surface area contributed by atoms with Crippen LogP contribution in [-0.4, -0.2) is 42.5 Å². The third kappa shape index (κ3) is 4.28. The minimum atomic E-state index is -0.0346. The van der Waals surface area contributed by atoms with Crippen molar-refractivity contribution in [2.45, 2.75) is 58.0 Å². The fraction of sp³-hybridized carbons (Fsp3) is 0.923. The van der Waals surface area contributed by atoms with E-state index in [2.05, 4.69) is 17.1 Å². The van der Waals surface area contributed by atoms with E-state index in [0.717, 1.165) is 32.4 Å². The fourth-order valence-electron chi connectivity index (χ4n) is 2.51. The van der Waals surface area contributed by atoms with Crippen molar-refractivity contribution in [2.75, 3.05) is 19.6 Å². The van der Waals surface area contributed by atoms with Gasteiger partial charge in [0.05, 0.1) is 6.04 Å². The number of nitrogens with one attached hydrogen (secondary N) is 1. The molecule has 1 aliphatic heterocycles. The number of rotatable bonds is 7. The largest absolute Gasteiger partial charge is 0.355 e. The lowest BCUT2D eigenvalue weighted by molar-refractivity contribution is -0.126. The molecule has 3 N–H and O–H groups in total. The molecule has 0 spiro atoms. The van der Waals surface area contributed by atoms with Gasteiger partial charge >= 0.3 is 0 Å². The first-order chi connectivity index (χ1) is 8.20. The Morgan fingerprint density at radius 3 is 2.94 bits per heavy atom. The van der Waals surface area contributed by atoms with Crippen LogP contribution in [0.3, 0.4) is 0 Å². The van der Waals surface area contributed by atoms with E-state index in [4.69, 9.17) is 5.73 Å². The van der Waals surface area contributed by atoms with E-state index in [1.54, 1.807) is 0 Å². The summed E-state index contributed by atoms with van der Waals surface area (Å²) in [6.45, 7) is 6.63. The number of amides is 1. The summed E-state index contributed by atoms with van der Waals surface area (Å²) in [5.41, 5.74) is 5.73. The summed E-state index contributed by atoms with van der Waals surface area (Å²) in [5, 5.41) is 3.02. The van der Waals surface area contributed by atoms with Crippen molar-refractivity contribution in [3.05, 3.63) is 0 Å². The first kappa shape index (κ1) is 14.5. The van der Waals surface area contributed by atoms with Crippen LogP contribution in [0.4, 0.5) is 0 Å². The molecule has 0 aliphatic carbocycles. The maximum atomic E-state index is 12.0. The molecular weight excluding hydrogens is 214 g/mol. The van der Waals surface area contributed by atoms with Crippen molar-refractivity contribution >= 4 is 5.91 Å². The molecule has 0 aromatic heterocycles. The highest BCUT2D eigenvalue weighted by Gasteiger charge is 2.30. The van der Waals surface area contributed by atoms with Gasteiger partial charge in [-0.25, -0.2) is 0 Å². The Balaban J connectivity index is 2.30. The average Bonchev–Trinajstić information content (AvgIpc) is 2.81. The zero-order valence-electron chi connectivity index (χ0n) is 11.2. The summed E-state index contributed by atoms with van der Waals surface area (Å²) in [4.78, 5) is 14.2. The quantitative estimate of drug-likeness (QED) is 0.656. The van der Waals surface area contributed by atoms with Crippen LogP contribution in [0, 0.1) is 0 Å². The highest BCUT2D eigenvalue weighted by atomic mass is 16.2. The summed E-state index contributed by atoms with van der Waals surface area (Å²) < 4.78 is 0. The Labute approximate surface area is 105 Å². The maximum absolute atomic E-state index is 12.0. The highest BCUT2D eigenvalue weighted by Crippen LogP contribution is 2.19. The summed E-state index contributed by atoms with van der Waals surface area (Å²) in [6, 6.07) is 0.360. The minimum Gasteiger partial charge on any atom is -0.355 e. The highest BCUT2D eigenvalue weighted by molar-refractivity contribution is 5.81. The predicted molar refractivity (Wildman–Crippen MR) is 70.8 cm³/mol. The van der Waals surface area contributed by atoms with Crippen LogP contribution < -0.4 is 11.1 Å². The third-order valence-electron chi connectivity index (χ3n) is 3.65. The monoisotopic (exact) mass is 241 g/mol. The van der Waals surface area contributed by atoms with Gasteiger partial charge in [-0.15, -0.1) is 0 Å². The summed E-state index contributed by atoms with van der Waals surface area (Å²) in [6.07, 6.45) is 5.74. The number of nitrogens with two attached hydrogens (primary N) is 1. The van der Waals surface area contributed by atoms with Gasteiger partial charge < -0.3 is 11.1 Å². The number of likely N-dealkylation sites (tertiary alicyclic amines) is 1. The van der Waals surface area contributed by atoms with E-state index >= 15 is 0 Å². The Kier molecular flexibility index (Phi) is 6.52. The molecule has 2 atom stereocenters. The van der Waals surface area contributed by atoms with Crippen LogP contribution in [0.25, 0.3) is 0 Å². The average molecular weight is 241 g/mol. The topological polar surface area (TPSA) is 58.4 Å². The van der Waals surface area contributed by atoms with Crippen molar-refractivity contribution in [3.8, 4) is 0 Å². The van der Waals surface area contributed by atoms with Crippen LogP contribution in [0.15, 0.2) is 0 Å². The van der Waals surface area contributed by atoms with Crippen LogP contribution >= 0.6 is 0 Å². The normalized spacial score (nSPS) is 22.6. The van der Waals surface area contributed by atoms with Crippen molar-refractivity contribution < 1.29 is 4.79 Å². The lowest BCUT2D eigenvalue weighted by atomic mass is 10.2. The summed E-state index contributed by atoms with van der Waals surface area (Å²) in [7, 11) is 0. The molecule has 2 unspecified atom stereocenters. The first-order valence-corrected chi connectivity index (χ1v) is 6.94. The van der Waals surface area contributed by atoms with Crippen molar-refractivity contribution in [2.24, 2.45) is 5.73 Å². The van der Waals surface area contributed by atoms with Gasteiger partial charge in [-0.1, -0.05) is 19.8 Å². The number of unbranched alkanes of at least 4 members (excludes halogenated alkanes) is 2. The van der Waals surface area contributed by atoms with Gasteiger partial charge in [-0.05, 0) is 32.7 Å². The molecule has 1 amide bonds. The first-order valence-electron chi connectivity index (χ1n) is 6.94. The Morgan fingerprint density at radius 1 is 1.53 bits per heavy atom. The van der Waals surface area contributed by atoms with Crippen LogP contribution in [0.1, 0.15) is 46.0 Å². The second-order valence-corrected chi connectivity index (χ2v) is 4.94. The fourth-order valence-corrected chi connectivity index (χ4v) is 2.51. The van der Waals surface area contributed by atoms with Gasteiger partial charge in [-0.2, -0.15) is 0 Å². The number of carbonyl (C=O) groups excluding carboxylic acids is 1. The molecule has 4 nitrogen and oxygen atoms in total. The smallest absolute Gasteiger partial charge is 0.237 e. The Morgan fingerprint density at radius 2 is 2.29 bits per heavy atom. The molecule has 100 valence electrons. The molecule has 4 heteroatoms. The molecule has 1 aliphatic rings. The second-order valence-electron chi connectivity index (χ2n) is 4.94. The SMILES string of the molecule is CCCCCNC(=O)C(C)N1CCCC1CN. The Hall–Kier alpha value is -0.610. The van der Waals surface area contributed by atoms with Gasteiger partial charge in [0.15, 0.2) is 0 Å². The van der Waals surface area contributed by atoms with Gasteiger partial charge in [0.2, 0.25) is 5.91 Å². The maximum Gasteiger partial charge on any atom is 0.237 e. The van der Waals surface area contributed by atoms with Gasteiger partial charge in [0.25, 0.3) is 0 Å². The lowest BCUT2D eigenvalue weighted by Crippen LogP contribution is -2.49. The molecule has 17 heavy (non-hydrogen) atoms. The van der Waals surface area contributed by atoms with E-state index in [9.17, 15) is 4.79 Å². The van der Waals surface area contributed by atoms with Crippen molar-refractivity contribution in [3.63, 3.8) is 0 Å². The van der Waals surface area contributed by atoms with E-state index in [0.29, 0.717) is 12.6 Å². The predicted octanol–water partition coefficient (Wildman–Crippen LogP) is 1.10. The molecule has 1 saturated heterocycles. The van der Waals surface area contributed by atoms with E-state index < -0.39 is 0 Å². The van der Waals surface area contributed by atoms with E-state index in [1.807, 2.05) is 6.92 Å². The van der Waals surface area contributed by atoms with E-state index in [1.165, 1.54) is 12.8 Å². The van der Waals surface area contributed by atoms with Gasteiger partial charge in [0, 0.05) is 19.1 Å². The van der Waals surface area contributed by atoms with Crippen LogP contribution in [0.2, 0.25) is 0 Å². The third-order valence-corrected chi connectivity index (χ3v) is 3.65. The van der Waals surface area contributed by atoms with Gasteiger partial charge in [-0.3, -0.25) is 9.69 Å². The lowest BCUT2D eigenvalue weighted by Gasteiger charge is -2.28. The van der Waals surface area contributed by atoms with Gasteiger partial charge in [0.1, 0.15) is 0 Å². The van der Waals surface area contributed by atoms with E-state index in [-0.39, 0.29) is 11.9 Å². The molecule has 1 fully saturated rings. The minimum absolute atomic E-state index is 0.0346. The second kappa shape index (κ2) is 7.67. The summed E-state index contributed by atoms with van der Waals surface area (Å²) >= 11 is 0. The summed E-state index contributed by atoms with van der Waals surface area (Å²) in [5.74, 6) is 0.154. The molecule has 0 bridgehead atoms. The standard InChI is InChI=1S/C13H27N3O/c1-3-4-5-8-15-13(17)11(2)16-9-6-7-12(16)10-14/h11-12H,3-10,14H2,1-2H3,(H,15,17). The van der Waals surface area contributed by atoms with Crippen LogP contribution in [-0.2, 0) is 4.79 Å². The number of hydrogen-bond acceptors (Lipinski definition) is 3. The van der Waals surface area contributed by atoms with Crippen molar-refractivity contribution in [1.29, 1.82) is 0 Å². The number of hydrogen-bond donors (Lipinski definition) is 2. The zero-order chi connectivity index (χ0) is 12.7. The van der Waals surface area contributed by atoms with Crippen LogP contribution in [0.5, 0.6) is 0 Å². The molecule has 0 aromatic rings. The molecule has 1 heterocycles. The Bertz CT molecular complexity index is 233. The number of carbonyl (C=O) groups is 1. The van der Waals surface area contributed by atoms with Crippen molar-refractivity contribution in [1.82, 2.24) is 10.2 Å². The molecule has 0 saturated carbocycles. The molecule has 1 rings (SSSR count). The molecular formula is C13H27N3O. The molecule has 0 radical (unpaired) electrons. The zero-order valence-corrected chi connectivity index (χ0v) is 11.2.